The molecule has 1 N–H and O–H groups in total. The second kappa shape index (κ2) is 4.35. The molecule has 0 radical (unpaired) electrons. The summed E-state index contributed by atoms with van der Waals surface area (Å²) in [4.78, 5) is 2.33. The molecule has 0 unspecified atom stereocenters. The lowest BCUT2D eigenvalue weighted by molar-refractivity contribution is 0.313. The van der Waals surface area contributed by atoms with E-state index >= 15 is 0 Å². The Kier molecular flexibility index (Phi) is 3.23. The van der Waals surface area contributed by atoms with Crippen molar-refractivity contribution < 1.29 is 8.42 Å². The first kappa shape index (κ1) is 11.9. The SMILES string of the molecule is CN(C)S(=O)(=O)NC[C@H]1CCC2=CCCN21. The van der Waals surface area contributed by atoms with Crippen LogP contribution in [-0.2, 0) is 10.2 Å². The van der Waals surface area contributed by atoms with Gasteiger partial charge in [-0.15, -0.1) is 0 Å². The lowest BCUT2D eigenvalue weighted by atomic mass is 10.2. The Morgan fingerprint density at radius 3 is 3.00 bits per heavy atom. The summed E-state index contributed by atoms with van der Waals surface area (Å²) < 4.78 is 27.0. The van der Waals surface area contributed by atoms with Crippen LogP contribution in [0.25, 0.3) is 0 Å². The minimum Gasteiger partial charge on any atom is -0.370 e. The first-order chi connectivity index (χ1) is 7.50. The third-order valence-corrected chi connectivity index (χ3v) is 4.77. The summed E-state index contributed by atoms with van der Waals surface area (Å²) in [5.41, 5.74) is 1.40. The van der Waals surface area contributed by atoms with Crippen molar-refractivity contribution in [3.63, 3.8) is 0 Å². The van der Waals surface area contributed by atoms with Crippen molar-refractivity contribution in [1.82, 2.24) is 13.9 Å². The maximum Gasteiger partial charge on any atom is 0.279 e. The van der Waals surface area contributed by atoms with E-state index in [0.717, 1.165) is 25.8 Å². The van der Waals surface area contributed by atoms with Crippen molar-refractivity contribution in [3.05, 3.63) is 11.8 Å². The molecule has 0 aromatic carbocycles. The Morgan fingerprint density at radius 2 is 2.31 bits per heavy atom. The second-order valence-electron chi connectivity index (χ2n) is 4.51. The maximum atomic E-state index is 11.6. The molecule has 0 bridgehead atoms. The van der Waals surface area contributed by atoms with Crippen LogP contribution in [0.1, 0.15) is 19.3 Å². The molecular weight excluding hydrogens is 226 g/mol. The van der Waals surface area contributed by atoms with Crippen LogP contribution in [0, 0.1) is 0 Å². The number of allylic oxidation sites excluding steroid dienone is 1. The van der Waals surface area contributed by atoms with E-state index in [9.17, 15) is 8.42 Å². The van der Waals surface area contributed by atoms with Gasteiger partial charge in [-0.05, 0) is 19.3 Å². The van der Waals surface area contributed by atoms with Crippen LogP contribution in [-0.4, -0.2) is 50.8 Å². The number of hydrogen-bond donors (Lipinski definition) is 1. The highest BCUT2D eigenvalue weighted by atomic mass is 32.2. The highest BCUT2D eigenvalue weighted by Crippen LogP contribution is 2.31. The molecule has 0 aliphatic carbocycles. The summed E-state index contributed by atoms with van der Waals surface area (Å²) >= 11 is 0. The Balaban J connectivity index is 1.90. The van der Waals surface area contributed by atoms with Crippen molar-refractivity contribution in [3.8, 4) is 0 Å². The van der Waals surface area contributed by atoms with Gasteiger partial charge in [0.15, 0.2) is 0 Å². The minimum absolute atomic E-state index is 0.337. The number of nitrogens with zero attached hydrogens (tertiary/aromatic N) is 2. The summed E-state index contributed by atoms with van der Waals surface area (Å²) in [5.74, 6) is 0. The van der Waals surface area contributed by atoms with E-state index in [0.29, 0.717) is 12.6 Å². The first-order valence-corrected chi connectivity index (χ1v) is 7.07. The van der Waals surface area contributed by atoms with E-state index in [-0.39, 0.29) is 0 Å². The Bertz CT molecular complexity index is 389. The number of rotatable bonds is 4. The zero-order valence-corrected chi connectivity index (χ0v) is 10.6. The Labute approximate surface area is 97.3 Å². The molecule has 16 heavy (non-hydrogen) atoms. The van der Waals surface area contributed by atoms with Gasteiger partial charge < -0.3 is 4.90 Å². The van der Waals surface area contributed by atoms with Crippen molar-refractivity contribution in [2.45, 2.75) is 25.3 Å². The second-order valence-corrected chi connectivity index (χ2v) is 6.48. The van der Waals surface area contributed by atoms with Gasteiger partial charge in [-0.2, -0.15) is 12.7 Å². The predicted octanol–water partition coefficient (Wildman–Crippen LogP) is 0.134. The average molecular weight is 245 g/mol. The molecule has 1 saturated heterocycles. The molecule has 6 heteroatoms. The van der Waals surface area contributed by atoms with E-state index in [1.165, 1.54) is 24.1 Å². The fourth-order valence-corrected chi connectivity index (χ4v) is 2.97. The van der Waals surface area contributed by atoms with Gasteiger partial charge in [0, 0.05) is 38.9 Å². The monoisotopic (exact) mass is 245 g/mol. The van der Waals surface area contributed by atoms with Crippen LogP contribution in [0.15, 0.2) is 11.8 Å². The van der Waals surface area contributed by atoms with Gasteiger partial charge in [-0.25, -0.2) is 4.72 Å². The van der Waals surface area contributed by atoms with E-state index in [2.05, 4.69) is 15.7 Å². The van der Waals surface area contributed by atoms with Crippen molar-refractivity contribution in [1.29, 1.82) is 0 Å². The van der Waals surface area contributed by atoms with E-state index < -0.39 is 10.2 Å². The molecule has 92 valence electrons. The molecule has 2 aliphatic heterocycles. The van der Waals surface area contributed by atoms with Crippen LogP contribution in [0.4, 0.5) is 0 Å². The lowest BCUT2D eigenvalue weighted by Crippen LogP contribution is -2.43. The molecule has 2 aliphatic rings. The molecule has 2 rings (SSSR count). The van der Waals surface area contributed by atoms with Gasteiger partial charge in [0.25, 0.3) is 10.2 Å². The molecule has 2 heterocycles. The smallest absolute Gasteiger partial charge is 0.279 e. The lowest BCUT2D eigenvalue weighted by Gasteiger charge is -2.24. The Morgan fingerprint density at radius 1 is 1.56 bits per heavy atom. The summed E-state index contributed by atoms with van der Waals surface area (Å²) in [6.45, 7) is 1.56. The highest BCUT2D eigenvalue weighted by Gasteiger charge is 2.30. The minimum atomic E-state index is -3.28. The predicted molar refractivity (Wildman–Crippen MR) is 63.0 cm³/mol. The fourth-order valence-electron chi connectivity index (χ4n) is 2.31. The zero-order valence-electron chi connectivity index (χ0n) is 9.81. The van der Waals surface area contributed by atoms with Crippen molar-refractivity contribution in [2.24, 2.45) is 0 Å². The van der Waals surface area contributed by atoms with Crippen LogP contribution in [0.3, 0.4) is 0 Å². The standard InChI is InChI=1S/C10H19N3O2S/c1-12(2)16(14,15)11-8-10-6-5-9-4-3-7-13(9)10/h4,10-11H,3,5-8H2,1-2H3/t10-/m1/s1. The third-order valence-electron chi connectivity index (χ3n) is 3.28. The molecule has 0 saturated carbocycles. The maximum absolute atomic E-state index is 11.6. The molecule has 1 atom stereocenters. The summed E-state index contributed by atoms with van der Waals surface area (Å²) in [6.07, 6.45) is 5.52. The quantitative estimate of drug-likeness (QED) is 0.766. The molecule has 1 fully saturated rings. The van der Waals surface area contributed by atoms with Gasteiger partial charge in [0.1, 0.15) is 0 Å². The van der Waals surface area contributed by atoms with Crippen molar-refractivity contribution in [2.75, 3.05) is 27.2 Å². The van der Waals surface area contributed by atoms with Crippen LogP contribution < -0.4 is 4.72 Å². The molecule has 0 aromatic heterocycles. The number of fused-ring (bicyclic) bond motifs is 1. The highest BCUT2D eigenvalue weighted by molar-refractivity contribution is 7.87. The normalized spacial score (nSPS) is 25.1. The van der Waals surface area contributed by atoms with E-state index in [4.69, 9.17) is 0 Å². The largest absolute Gasteiger partial charge is 0.370 e. The van der Waals surface area contributed by atoms with Gasteiger partial charge in [-0.3, -0.25) is 0 Å². The summed E-state index contributed by atoms with van der Waals surface area (Å²) in [5, 5.41) is 0. The Hall–Kier alpha value is -0.590. The summed E-state index contributed by atoms with van der Waals surface area (Å²) in [7, 11) is -0.197. The molecule has 0 spiro atoms. The van der Waals surface area contributed by atoms with Gasteiger partial charge in [-0.1, -0.05) is 6.08 Å². The van der Waals surface area contributed by atoms with Crippen LogP contribution >= 0.6 is 0 Å². The van der Waals surface area contributed by atoms with Gasteiger partial charge in [0.05, 0.1) is 0 Å². The van der Waals surface area contributed by atoms with E-state index in [1.54, 1.807) is 0 Å². The fraction of sp³-hybridized carbons (Fsp3) is 0.800. The molecule has 0 amide bonds. The molecular formula is C10H19N3O2S. The van der Waals surface area contributed by atoms with Gasteiger partial charge in [0.2, 0.25) is 0 Å². The third kappa shape index (κ3) is 2.23. The zero-order chi connectivity index (χ0) is 11.8. The van der Waals surface area contributed by atoms with Crippen LogP contribution in [0.2, 0.25) is 0 Å². The first-order valence-electron chi connectivity index (χ1n) is 5.63. The molecule has 0 aromatic rings. The van der Waals surface area contributed by atoms with Crippen LogP contribution in [0.5, 0.6) is 0 Å². The average Bonchev–Trinajstić information content (AvgIpc) is 2.76. The number of nitrogens with one attached hydrogen (secondary N) is 1. The van der Waals surface area contributed by atoms with E-state index in [1.807, 2.05) is 0 Å². The summed E-state index contributed by atoms with van der Waals surface area (Å²) in [6, 6.07) is 0.337. The topological polar surface area (TPSA) is 52.7 Å². The molecule has 5 nitrogen and oxygen atoms in total. The number of hydrogen-bond acceptors (Lipinski definition) is 3. The van der Waals surface area contributed by atoms with Gasteiger partial charge >= 0.3 is 0 Å². The van der Waals surface area contributed by atoms with Crippen molar-refractivity contribution >= 4 is 10.2 Å².